The van der Waals surface area contributed by atoms with E-state index in [4.69, 9.17) is 11.6 Å². The Morgan fingerprint density at radius 2 is 1.74 bits per heavy atom. The lowest BCUT2D eigenvalue weighted by Gasteiger charge is -2.56. The lowest BCUT2D eigenvalue weighted by atomic mass is 9.53. The molecule has 7 rings (SSSR count). The number of carbonyl (C=O) groups excluding carboxylic acids is 1. The van der Waals surface area contributed by atoms with Crippen LogP contribution in [0.25, 0.3) is 0 Å². The van der Waals surface area contributed by atoms with E-state index in [1.54, 1.807) is 21.6 Å². The third kappa shape index (κ3) is 3.77. The lowest BCUT2D eigenvalue weighted by Crippen LogP contribution is -2.52. The van der Waals surface area contributed by atoms with Gasteiger partial charge in [0.15, 0.2) is 5.82 Å². The number of amides is 1. The maximum atomic E-state index is 13.0. The molecule has 1 aromatic carbocycles. The van der Waals surface area contributed by atoms with E-state index in [0.717, 1.165) is 24.8 Å². The molecule has 34 heavy (non-hydrogen) atoms. The van der Waals surface area contributed by atoms with Crippen molar-refractivity contribution in [2.45, 2.75) is 50.6 Å². The van der Waals surface area contributed by atoms with Gasteiger partial charge in [0.1, 0.15) is 6.20 Å². The molecule has 2 heterocycles. The van der Waals surface area contributed by atoms with Gasteiger partial charge in [-0.15, -0.1) is 0 Å². The number of aromatic nitrogens is 4. The first-order chi connectivity index (χ1) is 16.4. The summed E-state index contributed by atoms with van der Waals surface area (Å²) in [5.41, 5.74) is 0.398. The molecule has 1 amide bonds. The first-order valence-electron chi connectivity index (χ1n) is 11.7. The highest BCUT2D eigenvalue weighted by Gasteiger charge is 2.53. The summed E-state index contributed by atoms with van der Waals surface area (Å²) >= 11 is 5.93. The topological polar surface area (TPSA) is 108 Å². The molecule has 4 aliphatic carbocycles. The maximum Gasteiger partial charge on any atom is 0.320 e. The number of carbonyl (C=O) groups is 1. The van der Waals surface area contributed by atoms with Crippen LogP contribution in [0, 0.1) is 27.9 Å². The van der Waals surface area contributed by atoms with Gasteiger partial charge in [0.05, 0.1) is 17.0 Å². The van der Waals surface area contributed by atoms with Crippen molar-refractivity contribution in [2.24, 2.45) is 17.8 Å². The summed E-state index contributed by atoms with van der Waals surface area (Å²) in [6, 6.07) is 9.09. The van der Waals surface area contributed by atoms with Gasteiger partial charge in [-0.3, -0.25) is 24.3 Å². The van der Waals surface area contributed by atoms with Gasteiger partial charge in [0, 0.05) is 17.3 Å². The zero-order chi connectivity index (χ0) is 23.4. The largest absolute Gasteiger partial charge is 0.320 e. The Balaban J connectivity index is 1.22. The van der Waals surface area contributed by atoms with Gasteiger partial charge in [-0.25, -0.2) is 0 Å². The Kier molecular flexibility index (Phi) is 4.98. The molecule has 0 unspecified atom stereocenters. The number of halogens is 1. The van der Waals surface area contributed by atoms with Gasteiger partial charge in [-0.05, 0) is 74.0 Å². The van der Waals surface area contributed by atoms with Crippen LogP contribution in [0.2, 0.25) is 5.02 Å². The maximum absolute atomic E-state index is 13.0. The van der Waals surface area contributed by atoms with E-state index in [1.807, 2.05) is 24.3 Å². The number of nitrogens with zero attached hydrogens (tertiary/aromatic N) is 5. The van der Waals surface area contributed by atoms with Crippen molar-refractivity contribution in [3.8, 4) is 0 Å². The van der Waals surface area contributed by atoms with E-state index in [-0.39, 0.29) is 16.9 Å². The fraction of sp³-hybridized carbons (Fsp3) is 0.458. The van der Waals surface area contributed by atoms with Gasteiger partial charge >= 0.3 is 5.69 Å². The third-order valence-electron chi connectivity index (χ3n) is 7.74. The van der Waals surface area contributed by atoms with Gasteiger partial charge in [-0.1, -0.05) is 23.7 Å². The molecule has 0 spiro atoms. The highest BCUT2D eigenvalue weighted by Crippen LogP contribution is 2.58. The summed E-state index contributed by atoms with van der Waals surface area (Å²) in [6.07, 6.45) is 9.97. The minimum absolute atomic E-state index is 0.159. The van der Waals surface area contributed by atoms with Crippen LogP contribution >= 0.6 is 11.6 Å². The zero-order valence-corrected chi connectivity index (χ0v) is 19.3. The first kappa shape index (κ1) is 21.3. The number of nitro groups is 1. The molecule has 10 heteroatoms. The number of anilines is 1. The number of hydrogen-bond acceptors (Lipinski definition) is 5. The Morgan fingerprint density at radius 1 is 1.09 bits per heavy atom. The van der Waals surface area contributed by atoms with E-state index in [2.05, 4.69) is 15.5 Å². The molecule has 4 bridgehead atoms. The normalized spacial score (nSPS) is 27.1. The molecule has 4 fully saturated rings. The van der Waals surface area contributed by atoms with Crippen LogP contribution in [-0.4, -0.2) is 30.4 Å². The average Bonchev–Trinajstić information content (AvgIpc) is 3.42. The lowest BCUT2D eigenvalue weighted by molar-refractivity contribution is -0.385. The minimum atomic E-state index is -0.619. The second kappa shape index (κ2) is 7.94. The van der Waals surface area contributed by atoms with E-state index in [0.29, 0.717) is 35.1 Å². The monoisotopic (exact) mass is 480 g/mol. The molecule has 0 radical (unpaired) electrons. The zero-order valence-electron chi connectivity index (χ0n) is 18.6. The average molecular weight is 481 g/mol. The van der Waals surface area contributed by atoms with Crippen molar-refractivity contribution < 1.29 is 9.72 Å². The van der Waals surface area contributed by atoms with E-state index >= 15 is 0 Å². The van der Waals surface area contributed by atoms with Gasteiger partial charge in [0.2, 0.25) is 5.69 Å². The van der Waals surface area contributed by atoms with Gasteiger partial charge in [-0.2, -0.15) is 10.2 Å². The molecule has 2 aromatic heterocycles. The molecule has 0 saturated heterocycles. The predicted octanol–water partition coefficient (Wildman–Crippen LogP) is 4.87. The van der Waals surface area contributed by atoms with Gasteiger partial charge < -0.3 is 5.32 Å². The molecule has 0 aliphatic heterocycles. The van der Waals surface area contributed by atoms with Crippen LogP contribution in [0.5, 0.6) is 0 Å². The first-order valence-corrected chi connectivity index (χ1v) is 12.1. The fourth-order valence-corrected chi connectivity index (χ4v) is 6.84. The van der Waals surface area contributed by atoms with Crippen molar-refractivity contribution in [1.29, 1.82) is 0 Å². The molecule has 4 aliphatic rings. The quantitative estimate of drug-likeness (QED) is 0.400. The molecule has 0 atom stereocenters. The van der Waals surface area contributed by atoms with Crippen molar-refractivity contribution in [1.82, 2.24) is 19.6 Å². The number of rotatable bonds is 6. The number of benzene rings is 1. The predicted molar refractivity (Wildman–Crippen MR) is 126 cm³/mol. The molecular weight excluding hydrogens is 456 g/mol. The summed E-state index contributed by atoms with van der Waals surface area (Å²) in [5, 5.41) is 24.0. The number of nitrogens with one attached hydrogen (secondary N) is 1. The highest BCUT2D eigenvalue weighted by atomic mass is 35.5. The summed E-state index contributed by atoms with van der Waals surface area (Å²) in [7, 11) is 0. The van der Waals surface area contributed by atoms with Crippen LogP contribution in [0.1, 0.15) is 54.6 Å². The van der Waals surface area contributed by atoms with Crippen LogP contribution < -0.4 is 5.32 Å². The third-order valence-corrected chi connectivity index (χ3v) is 7.99. The van der Waals surface area contributed by atoms with Crippen molar-refractivity contribution in [3.05, 3.63) is 69.1 Å². The van der Waals surface area contributed by atoms with Crippen molar-refractivity contribution >= 4 is 29.0 Å². The van der Waals surface area contributed by atoms with Crippen LogP contribution in [0.15, 0.2) is 42.7 Å². The Bertz CT molecular complexity index is 1230. The molecule has 176 valence electrons. The summed E-state index contributed by atoms with van der Waals surface area (Å²) in [4.78, 5) is 24.3. The fourth-order valence-electron chi connectivity index (χ4n) is 6.72. The van der Waals surface area contributed by atoms with Crippen LogP contribution in [0.4, 0.5) is 11.5 Å². The Hall–Kier alpha value is -3.20. The standard InChI is InChI=1S/C24H25ClN6O3/c25-19-3-1-15(2-4-19)13-29-6-5-21(27-29)26-23(32)22-20(31(33)34)14-30(28-22)24-10-16-7-17(11-24)9-18(8-16)12-24/h1-6,14,16-18H,7-13H2,(H,26,27,32). The summed E-state index contributed by atoms with van der Waals surface area (Å²) < 4.78 is 3.44. The SMILES string of the molecule is O=C(Nc1ccn(Cc2ccc(Cl)cc2)n1)c1nn(C23CC4CC(CC(C4)C2)C3)cc1[N+](=O)[O-]. The van der Waals surface area contributed by atoms with E-state index in [1.165, 1.54) is 25.5 Å². The van der Waals surface area contributed by atoms with Crippen molar-refractivity contribution in [3.63, 3.8) is 0 Å². The summed E-state index contributed by atoms with van der Waals surface area (Å²) in [6.45, 7) is 0.508. The summed E-state index contributed by atoms with van der Waals surface area (Å²) in [5.74, 6) is 1.69. The smallest absolute Gasteiger partial charge is 0.303 e. The Morgan fingerprint density at radius 3 is 2.35 bits per heavy atom. The molecular formula is C24H25ClN6O3. The highest BCUT2D eigenvalue weighted by molar-refractivity contribution is 6.30. The molecule has 3 aromatic rings. The Labute approximate surface area is 201 Å². The van der Waals surface area contributed by atoms with E-state index in [9.17, 15) is 14.9 Å². The number of hydrogen-bond donors (Lipinski definition) is 1. The van der Waals surface area contributed by atoms with Crippen LogP contribution in [-0.2, 0) is 12.1 Å². The molecule has 4 saturated carbocycles. The van der Waals surface area contributed by atoms with Gasteiger partial charge in [0.25, 0.3) is 5.91 Å². The van der Waals surface area contributed by atoms with Crippen molar-refractivity contribution in [2.75, 3.05) is 5.32 Å². The minimum Gasteiger partial charge on any atom is -0.303 e. The molecule has 1 N–H and O–H groups in total. The van der Waals surface area contributed by atoms with Crippen LogP contribution in [0.3, 0.4) is 0 Å². The van der Waals surface area contributed by atoms with E-state index < -0.39 is 10.8 Å². The molecule has 9 nitrogen and oxygen atoms in total. The second-order valence-electron chi connectivity index (χ2n) is 10.2. The second-order valence-corrected chi connectivity index (χ2v) is 10.6.